The summed E-state index contributed by atoms with van der Waals surface area (Å²) in [6.45, 7) is 0. The summed E-state index contributed by atoms with van der Waals surface area (Å²) >= 11 is 1.67. The van der Waals surface area contributed by atoms with Crippen molar-refractivity contribution >= 4 is 23.9 Å². The van der Waals surface area contributed by atoms with Crippen LogP contribution in [0.4, 0.5) is 5.82 Å². The topological polar surface area (TPSA) is 42.0 Å². The first-order chi connectivity index (χ1) is 5.90. The van der Waals surface area contributed by atoms with Gasteiger partial charge in [-0.2, -0.15) is 0 Å². The Labute approximate surface area is 74.6 Å². The normalized spacial score (nSPS) is 20.8. The number of thioether (sulfide) groups is 1. The fourth-order valence-corrected chi connectivity index (χ4v) is 2.03. The molecule has 2 rings (SSSR count). The van der Waals surface area contributed by atoms with E-state index in [-0.39, 0.29) is 6.04 Å². The number of nitrogens with one attached hydrogen (secondary N) is 1. The summed E-state index contributed by atoms with van der Waals surface area (Å²) in [6.07, 6.45) is 2.64. The van der Waals surface area contributed by atoms with Gasteiger partial charge in [-0.05, 0) is 12.1 Å². The molecular weight excluding hydrogens is 172 g/mol. The van der Waals surface area contributed by atoms with Crippen molar-refractivity contribution in [1.29, 1.82) is 0 Å². The van der Waals surface area contributed by atoms with Gasteiger partial charge in [0.25, 0.3) is 0 Å². The average Bonchev–Trinajstić information content (AvgIpc) is 2.17. The number of anilines is 1. The van der Waals surface area contributed by atoms with E-state index in [0.29, 0.717) is 0 Å². The minimum absolute atomic E-state index is 0.0857. The molecule has 2 heterocycles. The Bertz CT molecular complexity index is 303. The molecule has 1 aliphatic heterocycles. The third kappa shape index (κ3) is 1.30. The summed E-state index contributed by atoms with van der Waals surface area (Å²) in [4.78, 5) is 15.7. The molecule has 0 spiro atoms. The van der Waals surface area contributed by atoms with Gasteiger partial charge in [0.1, 0.15) is 12.1 Å². The molecule has 0 saturated heterocycles. The van der Waals surface area contributed by atoms with Gasteiger partial charge in [0.05, 0.1) is 6.04 Å². The van der Waals surface area contributed by atoms with Crippen LogP contribution in [0.3, 0.4) is 0 Å². The van der Waals surface area contributed by atoms with Gasteiger partial charge in [-0.3, -0.25) is 0 Å². The number of aromatic nitrogens is 1. The molecule has 0 amide bonds. The fraction of sp³-hybridized carbons (Fsp3) is 0.250. The molecule has 1 N–H and O–H groups in total. The zero-order chi connectivity index (χ0) is 8.39. The molecule has 12 heavy (non-hydrogen) atoms. The van der Waals surface area contributed by atoms with Crippen LogP contribution in [0.2, 0.25) is 0 Å². The average molecular weight is 180 g/mol. The highest BCUT2D eigenvalue weighted by molar-refractivity contribution is 7.99. The van der Waals surface area contributed by atoms with Gasteiger partial charge in [-0.15, -0.1) is 11.8 Å². The van der Waals surface area contributed by atoms with Crippen LogP contribution in [0.25, 0.3) is 0 Å². The summed E-state index contributed by atoms with van der Waals surface area (Å²) in [5, 5.41) is 3.05. The SMILES string of the molecule is O=CC1CSc2cccnc2N1. The highest BCUT2D eigenvalue weighted by atomic mass is 32.2. The number of hydrogen-bond acceptors (Lipinski definition) is 4. The van der Waals surface area contributed by atoms with Crippen molar-refractivity contribution in [2.75, 3.05) is 11.1 Å². The number of carbonyl (C=O) groups excluding carboxylic acids is 1. The molecule has 1 aliphatic rings. The Hall–Kier alpha value is -1.03. The number of carbonyl (C=O) groups is 1. The lowest BCUT2D eigenvalue weighted by atomic mass is 10.3. The molecule has 4 heteroatoms. The first-order valence-corrected chi connectivity index (χ1v) is 4.68. The number of rotatable bonds is 1. The van der Waals surface area contributed by atoms with Crippen LogP contribution >= 0.6 is 11.8 Å². The highest BCUT2D eigenvalue weighted by Gasteiger charge is 2.17. The number of nitrogens with zero attached hydrogens (tertiary/aromatic N) is 1. The van der Waals surface area contributed by atoms with Gasteiger partial charge in [-0.1, -0.05) is 0 Å². The summed E-state index contributed by atoms with van der Waals surface area (Å²) in [6, 6.07) is 3.81. The number of pyridine rings is 1. The van der Waals surface area contributed by atoms with Gasteiger partial charge in [-0.25, -0.2) is 4.98 Å². The summed E-state index contributed by atoms with van der Waals surface area (Å²) in [5.41, 5.74) is 0. The van der Waals surface area contributed by atoms with E-state index in [1.807, 2.05) is 12.1 Å². The van der Waals surface area contributed by atoms with Crippen molar-refractivity contribution < 1.29 is 4.79 Å². The van der Waals surface area contributed by atoms with Crippen LogP contribution in [0.15, 0.2) is 23.2 Å². The van der Waals surface area contributed by atoms with Gasteiger partial charge < -0.3 is 10.1 Å². The van der Waals surface area contributed by atoms with Crippen molar-refractivity contribution in [2.24, 2.45) is 0 Å². The number of aldehydes is 1. The van der Waals surface area contributed by atoms with Crippen LogP contribution in [-0.2, 0) is 4.79 Å². The van der Waals surface area contributed by atoms with E-state index >= 15 is 0 Å². The van der Waals surface area contributed by atoms with Crippen molar-refractivity contribution in [2.45, 2.75) is 10.9 Å². The maximum atomic E-state index is 10.5. The molecule has 0 radical (unpaired) electrons. The van der Waals surface area contributed by atoms with Crippen molar-refractivity contribution in [1.82, 2.24) is 4.98 Å². The second kappa shape index (κ2) is 3.15. The van der Waals surface area contributed by atoms with Crippen LogP contribution in [0.1, 0.15) is 0 Å². The molecular formula is C8H8N2OS. The molecule has 1 aromatic heterocycles. The standard InChI is InChI=1S/C8H8N2OS/c11-4-6-5-12-7-2-1-3-9-8(7)10-6/h1-4,6H,5H2,(H,9,10). The van der Waals surface area contributed by atoms with E-state index in [1.54, 1.807) is 18.0 Å². The quantitative estimate of drug-likeness (QED) is 0.659. The largest absolute Gasteiger partial charge is 0.359 e. The zero-order valence-electron chi connectivity index (χ0n) is 6.36. The molecule has 0 saturated carbocycles. The molecule has 3 nitrogen and oxygen atoms in total. The van der Waals surface area contributed by atoms with Crippen LogP contribution < -0.4 is 5.32 Å². The predicted octanol–water partition coefficient (Wildman–Crippen LogP) is 1.17. The molecule has 62 valence electrons. The van der Waals surface area contributed by atoms with E-state index in [2.05, 4.69) is 10.3 Å². The maximum Gasteiger partial charge on any atom is 0.143 e. The smallest absolute Gasteiger partial charge is 0.143 e. The molecule has 0 aromatic carbocycles. The maximum absolute atomic E-state index is 10.5. The Kier molecular flexibility index (Phi) is 1.99. The predicted molar refractivity (Wildman–Crippen MR) is 48.4 cm³/mol. The van der Waals surface area contributed by atoms with E-state index in [4.69, 9.17) is 0 Å². The second-order valence-corrected chi connectivity index (χ2v) is 3.61. The van der Waals surface area contributed by atoms with Crippen LogP contribution in [-0.4, -0.2) is 23.1 Å². The van der Waals surface area contributed by atoms with Gasteiger partial charge in [0.15, 0.2) is 0 Å². The van der Waals surface area contributed by atoms with Crippen LogP contribution in [0, 0.1) is 0 Å². The Balaban J connectivity index is 2.28. The lowest BCUT2D eigenvalue weighted by molar-refractivity contribution is -0.108. The van der Waals surface area contributed by atoms with Crippen molar-refractivity contribution in [3.8, 4) is 0 Å². The van der Waals surface area contributed by atoms with Gasteiger partial charge in [0.2, 0.25) is 0 Å². The molecule has 1 unspecified atom stereocenters. The third-order valence-electron chi connectivity index (χ3n) is 1.68. The second-order valence-electron chi connectivity index (χ2n) is 2.55. The summed E-state index contributed by atoms with van der Waals surface area (Å²) < 4.78 is 0. The van der Waals surface area contributed by atoms with Crippen molar-refractivity contribution in [3.05, 3.63) is 18.3 Å². The molecule has 1 aromatic rings. The molecule has 0 fully saturated rings. The first kappa shape index (κ1) is 7.61. The first-order valence-electron chi connectivity index (χ1n) is 3.70. The van der Waals surface area contributed by atoms with Gasteiger partial charge in [0, 0.05) is 16.8 Å². The van der Waals surface area contributed by atoms with Crippen molar-refractivity contribution in [3.63, 3.8) is 0 Å². The molecule has 0 aliphatic carbocycles. The highest BCUT2D eigenvalue weighted by Crippen LogP contribution is 2.29. The van der Waals surface area contributed by atoms with E-state index in [0.717, 1.165) is 22.8 Å². The number of hydrogen-bond donors (Lipinski definition) is 1. The summed E-state index contributed by atoms with van der Waals surface area (Å²) in [5.74, 6) is 1.62. The molecule has 0 bridgehead atoms. The van der Waals surface area contributed by atoms with E-state index in [9.17, 15) is 4.79 Å². The van der Waals surface area contributed by atoms with Crippen LogP contribution in [0.5, 0.6) is 0 Å². The zero-order valence-corrected chi connectivity index (χ0v) is 7.17. The molecule has 1 atom stereocenters. The lowest BCUT2D eigenvalue weighted by Crippen LogP contribution is -2.27. The van der Waals surface area contributed by atoms with E-state index in [1.165, 1.54) is 0 Å². The minimum Gasteiger partial charge on any atom is -0.359 e. The van der Waals surface area contributed by atoms with E-state index < -0.39 is 0 Å². The fourth-order valence-electron chi connectivity index (χ4n) is 1.09. The monoisotopic (exact) mass is 180 g/mol. The Morgan fingerprint density at radius 1 is 1.75 bits per heavy atom. The Morgan fingerprint density at radius 2 is 2.67 bits per heavy atom. The third-order valence-corrected chi connectivity index (χ3v) is 2.84. The van der Waals surface area contributed by atoms with Gasteiger partial charge >= 0.3 is 0 Å². The number of fused-ring (bicyclic) bond motifs is 1. The Morgan fingerprint density at radius 3 is 3.50 bits per heavy atom. The lowest BCUT2D eigenvalue weighted by Gasteiger charge is -2.20. The summed E-state index contributed by atoms with van der Waals surface area (Å²) in [7, 11) is 0. The minimum atomic E-state index is -0.0857.